The van der Waals surface area contributed by atoms with Crippen molar-refractivity contribution in [3.63, 3.8) is 0 Å². The zero-order valence-corrected chi connectivity index (χ0v) is 11.7. The Labute approximate surface area is 113 Å². The van der Waals surface area contributed by atoms with Crippen LogP contribution in [0.4, 0.5) is 5.69 Å². The first-order chi connectivity index (χ1) is 8.08. The number of anilines is 1. The normalized spacial score (nSPS) is 21.0. The van der Waals surface area contributed by atoms with Crippen molar-refractivity contribution in [3.8, 4) is 0 Å². The quantitative estimate of drug-likeness (QED) is 0.888. The molecule has 94 valence electrons. The molecule has 0 aliphatic carbocycles. The summed E-state index contributed by atoms with van der Waals surface area (Å²) in [6, 6.07) is 6.24. The lowest BCUT2D eigenvalue weighted by atomic mass is 10.0. The number of rotatable bonds is 2. The van der Waals surface area contributed by atoms with Gasteiger partial charge in [-0.15, -0.1) is 0 Å². The molecule has 1 unspecified atom stereocenters. The Balaban J connectivity index is 2.16. The molecule has 17 heavy (non-hydrogen) atoms. The molecule has 1 aromatic carbocycles. The zero-order valence-electron chi connectivity index (χ0n) is 10.2. The number of nitrogens with zero attached hydrogens (tertiary/aromatic N) is 1. The monoisotopic (exact) mass is 272 g/mol. The second-order valence-corrected chi connectivity index (χ2v) is 5.69. The Morgan fingerprint density at radius 3 is 2.76 bits per heavy atom. The van der Waals surface area contributed by atoms with Crippen molar-refractivity contribution >= 4 is 28.9 Å². The van der Waals surface area contributed by atoms with Gasteiger partial charge in [-0.05, 0) is 24.1 Å². The molecule has 0 spiro atoms. The van der Waals surface area contributed by atoms with Crippen molar-refractivity contribution in [3.05, 3.63) is 28.2 Å². The Morgan fingerprint density at radius 2 is 2.12 bits per heavy atom. The summed E-state index contributed by atoms with van der Waals surface area (Å²) in [5.74, 6) is 0.629. The number of hydrogen-bond acceptors (Lipinski definition) is 2. The van der Waals surface area contributed by atoms with E-state index in [-0.39, 0.29) is 0 Å². The molecule has 1 atom stereocenters. The fourth-order valence-corrected chi connectivity index (χ4v) is 2.71. The number of nitrogens with one attached hydrogen (secondary N) is 1. The van der Waals surface area contributed by atoms with Gasteiger partial charge in [-0.25, -0.2) is 0 Å². The molecule has 1 N–H and O–H groups in total. The van der Waals surface area contributed by atoms with Crippen molar-refractivity contribution in [2.45, 2.75) is 19.9 Å². The number of hydrogen-bond donors (Lipinski definition) is 1. The van der Waals surface area contributed by atoms with Gasteiger partial charge in [0.25, 0.3) is 0 Å². The summed E-state index contributed by atoms with van der Waals surface area (Å²) < 4.78 is 0. The predicted octanol–water partition coefficient (Wildman–Crippen LogP) is 3.43. The minimum absolute atomic E-state index is 0.524. The first-order valence-corrected chi connectivity index (χ1v) is 6.77. The first-order valence-electron chi connectivity index (χ1n) is 6.01. The number of piperazine rings is 1. The lowest BCUT2D eigenvalue weighted by Gasteiger charge is -2.37. The summed E-state index contributed by atoms with van der Waals surface area (Å²) in [7, 11) is 0. The van der Waals surface area contributed by atoms with Crippen LogP contribution >= 0.6 is 23.2 Å². The molecule has 2 rings (SSSR count). The molecule has 0 radical (unpaired) electrons. The van der Waals surface area contributed by atoms with Crippen LogP contribution in [0.2, 0.25) is 10.0 Å². The molecule has 4 heteroatoms. The molecule has 0 saturated carbocycles. The highest BCUT2D eigenvalue weighted by molar-refractivity contribution is 6.36. The van der Waals surface area contributed by atoms with Gasteiger partial charge in [-0.2, -0.15) is 0 Å². The smallest absolute Gasteiger partial charge is 0.0654 e. The second kappa shape index (κ2) is 5.47. The van der Waals surface area contributed by atoms with E-state index < -0.39 is 0 Å². The minimum atomic E-state index is 0.524. The van der Waals surface area contributed by atoms with E-state index in [9.17, 15) is 0 Å². The summed E-state index contributed by atoms with van der Waals surface area (Å²) in [4.78, 5) is 2.33. The van der Waals surface area contributed by atoms with Crippen LogP contribution in [-0.2, 0) is 0 Å². The van der Waals surface area contributed by atoms with Crippen molar-refractivity contribution in [1.29, 1.82) is 0 Å². The van der Waals surface area contributed by atoms with E-state index in [2.05, 4.69) is 24.1 Å². The van der Waals surface area contributed by atoms with Gasteiger partial charge in [0.2, 0.25) is 0 Å². The number of halogens is 2. The van der Waals surface area contributed by atoms with Crippen LogP contribution in [0.3, 0.4) is 0 Å². The third-order valence-corrected chi connectivity index (χ3v) is 3.80. The van der Waals surface area contributed by atoms with Gasteiger partial charge >= 0.3 is 0 Å². The van der Waals surface area contributed by atoms with Crippen LogP contribution in [0, 0.1) is 5.92 Å². The minimum Gasteiger partial charge on any atom is -0.367 e. The first kappa shape index (κ1) is 13.0. The Bertz CT molecular complexity index is 393. The average Bonchev–Trinajstić information content (AvgIpc) is 2.29. The standard InChI is InChI=1S/C13H18Cl2N2/c1-9(2)12-8-17(6-5-16-12)13-4-3-10(14)7-11(13)15/h3-4,7,9,12,16H,5-6,8H2,1-2H3. The van der Waals surface area contributed by atoms with Crippen molar-refractivity contribution in [1.82, 2.24) is 5.32 Å². The van der Waals surface area contributed by atoms with Gasteiger partial charge in [0.05, 0.1) is 10.7 Å². The van der Waals surface area contributed by atoms with E-state index in [1.54, 1.807) is 0 Å². The van der Waals surface area contributed by atoms with Gasteiger partial charge in [0, 0.05) is 30.7 Å². The Morgan fingerprint density at radius 1 is 1.35 bits per heavy atom. The van der Waals surface area contributed by atoms with Gasteiger partial charge in [0.1, 0.15) is 0 Å². The van der Waals surface area contributed by atoms with Crippen LogP contribution in [0.25, 0.3) is 0 Å². The molecular formula is C13H18Cl2N2. The fourth-order valence-electron chi connectivity index (χ4n) is 2.18. The zero-order chi connectivity index (χ0) is 12.4. The summed E-state index contributed by atoms with van der Waals surface area (Å²) in [5, 5.41) is 4.97. The lowest BCUT2D eigenvalue weighted by molar-refractivity contribution is 0.368. The maximum Gasteiger partial charge on any atom is 0.0654 e. The van der Waals surface area contributed by atoms with E-state index in [1.807, 2.05) is 18.2 Å². The maximum absolute atomic E-state index is 6.24. The maximum atomic E-state index is 6.24. The second-order valence-electron chi connectivity index (χ2n) is 4.85. The van der Waals surface area contributed by atoms with Crippen LogP contribution in [0.5, 0.6) is 0 Å². The van der Waals surface area contributed by atoms with Crippen LogP contribution in [0.1, 0.15) is 13.8 Å². The van der Waals surface area contributed by atoms with Crippen molar-refractivity contribution < 1.29 is 0 Å². The highest BCUT2D eigenvalue weighted by atomic mass is 35.5. The summed E-state index contributed by atoms with van der Waals surface area (Å²) in [5.41, 5.74) is 1.09. The van der Waals surface area contributed by atoms with Gasteiger partial charge in [0.15, 0.2) is 0 Å². The topological polar surface area (TPSA) is 15.3 Å². The number of benzene rings is 1. The highest BCUT2D eigenvalue weighted by Crippen LogP contribution is 2.29. The van der Waals surface area contributed by atoms with Crippen molar-refractivity contribution in [2.24, 2.45) is 5.92 Å². The van der Waals surface area contributed by atoms with Crippen LogP contribution in [-0.4, -0.2) is 25.7 Å². The molecule has 1 saturated heterocycles. The van der Waals surface area contributed by atoms with Crippen molar-refractivity contribution in [2.75, 3.05) is 24.5 Å². The van der Waals surface area contributed by atoms with Gasteiger partial charge < -0.3 is 10.2 Å². The molecule has 0 amide bonds. The lowest BCUT2D eigenvalue weighted by Crippen LogP contribution is -2.53. The molecule has 1 aromatic rings. The molecule has 1 fully saturated rings. The molecule has 1 heterocycles. The Kier molecular flexibility index (Phi) is 4.18. The third kappa shape index (κ3) is 3.06. The molecule has 0 aromatic heterocycles. The van der Waals surface area contributed by atoms with Crippen LogP contribution in [0.15, 0.2) is 18.2 Å². The van der Waals surface area contributed by atoms with E-state index in [0.29, 0.717) is 17.0 Å². The van der Waals surface area contributed by atoms with E-state index in [1.165, 1.54) is 0 Å². The molecule has 0 bridgehead atoms. The Hall–Kier alpha value is -0.440. The molecule has 1 aliphatic heterocycles. The predicted molar refractivity (Wildman–Crippen MR) is 75.3 cm³/mol. The van der Waals surface area contributed by atoms with Gasteiger partial charge in [-0.1, -0.05) is 37.0 Å². The summed E-state index contributed by atoms with van der Waals surface area (Å²) in [6.07, 6.45) is 0. The SMILES string of the molecule is CC(C)C1CN(c2ccc(Cl)cc2Cl)CCN1. The highest BCUT2D eigenvalue weighted by Gasteiger charge is 2.23. The van der Waals surface area contributed by atoms with Crippen LogP contribution < -0.4 is 10.2 Å². The molecule has 1 aliphatic rings. The van der Waals surface area contributed by atoms with E-state index in [0.717, 1.165) is 30.3 Å². The summed E-state index contributed by atoms with van der Waals surface area (Å²) >= 11 is 12.2. The van der Waals surface area contributed by atoms with E-state index in [4.69, 9.17) is 23.2 Å². The summed E-state index contributed by atoms with van der Waals surface area (Å²) in [6.45, 7) is 7.47. The fraction of sp³-hybridized carbons (Fsp3) is 0.538. The van der Waals surface area contributed by atoms with Gasteiger partial charge in [-0.3, -0.25) is 0 Å². The van der Waals surface area contributed by atoms with E-state index >= 15 is 0 Å². The third-order valence-electron chi connectivity index (χ3n) is 3.26. The average molecular weight is 273 g/mol. The largest absolute Gasteiger partial charge is 0.367 e. The molecular weight excluding hydrogens is 255 g/mol. The molecule has 2 nitrogen and oxygen atoms in total.